The Kier molecular flexibility index (Phi) is 3.25. The molecule has 7 nitrogen and oxygen atoms in total. The largest absolute Gasteiger partial charge is 0.454 e. The van der Waals surface area contributed by atoms with Gasteiger partial charge in [-0.05, 0) is 24.3 Å². The van der Waals surface area contributed by atoms with Crippen molar-refractivity contribution in [3.05, 3.63) is 64.3 Å². The summed E-state index contributed by atoms with van der Waals surface area (Å²) in [5.74, 6) is 5.20. The molecule has 2 aromatic heterocycles. The molecule has 0 atom stereocenters. The highest BCUT2D eigenvalue weighted by Crippen LogP contribution is 2.13. The summed E-state index contributed by atoms with van der Waals surface area (Å²) in [5.41, 5.74) is 2.56. The lowest BCUT2D eigenvalue weighted by molar-refractivity contribution is 0.0924. The summed E-state index contributed by atoms with van der Waals surface area (Å²) < 4.78 is 7.03. The van der Waals surface area contributed by atoms with E-state index in [0.29, 0.717) is 23.2 Å². The second kappa shape index (κ2) is 5.22. The van der Waals surface area contributed by atoms with Crippen LogP contribution < -0.4 is 16.7 Å². The Hall–Kier alpha value is -2.93. The van der Waals surface area contributed by atoms with Crippen molar-refractivity contribution in [2.45, 2.75) is 6.54 Å². The van der Waals surface area contributed by atoms with Crippen LogP contribution in [0.3, 0.4) is 0 Å². The molecule has 0 bridgehead atoms. The van der Waals surface area contributed by atoms with Gasteiger partial charge in [-0.25, -0.2) is 5.84 Å². The molecule has 3 N–H and O–H groups in total. The first-order chi connectivity index (χ1) is 10.2. The lowest BCUT2D eigenvalue weighted by Gasteiger charge is -2.07. The maximum atomic E-state index is 11.7. The van der Waals surface area contributed by atoms with Gasteiger partial charge in [0.25, 0.3) is 0 Å². The summed E-state index contributed by atoms with van der Waals surface area (Å²) in [5, 5.41) is 4.68. The molecule has 7 heteroatoms. The fraction of sp³-hybridized carbons (Fsp3) is 0.0714. The monoisotopic (exact) mass is 284 g/mol. The van der Waals surface area contributed by atoms with Crippen molar-refractivity contribution in [3.8, 4) is 0 Å². The van der Waals surface area contributed by atoms with Crippen LogP contribution in [0.15, 0.2) is 51.8 Å². The molecule has 1 aromatic carbocycles. The Bertz CT molecular complexity index is 866. The van der Waals surface area contributed by atoms with Crippen molar-refractivity contribution in [1.29, 1.82) is 0 Å². The van der Waals surface area contributed by atoms with Crippen LogP contribution in [0.2, 0.25) is 0 Å². The molecule has 0 saturated heterocycles. The van der Waals surface area contributed by atoms with Gasteiger partial charge in [0.1, 0.15) is 5.76 Å². The molecule has 106 valence electrons. The van der Waals surface area contributed by atoms with Crippen LogP contribution in [0.4, 0.5) is 0 Å². The summed E-state index contributed by atoms with van der Waals surface area (Å²) >= 11 is 0. The van der Waals surface area contributed by atoms with E-state index in [0.717, 1.165) is 0 Å². The molecular formula is C14H12N4O3. The second-order valence-corrected chi connectivity index (χ2v) is 4.42. The van der Waals surface area contributed by atoms with Crippen LogP contribution >= 0.6 is 0 Å². The van der Waals surface area contributed by atoms with Gasteiger partial charge in [0.05, 0.1) is 18.3 Å². The van der Waals surface area contributed by atoms with Crippen LogP contribution in [-0.4, -0.2) is 15.7 Å². The Balaban J connectivity index is 1.99. The molecule has 0 aliphatic rings. The fourth-order valence-corrected chi connectivity index (χ4v) is 2.09. The number of hydrogen-bond donors (Lipinski definition) is 2. The molecule has 1 amide bonds. The van der Waals surface area contributed by atoms with Crippen LogP contribution in [0, 0.1) is 0 Å². The van der Waals surface area contributed by atoms with E-state index >= 15 is 0 Å². The number of furan rings is 1. The molecule has 3 aromatic rings. The van der Waals surface area contributed by atoms with E-state index in [1.807, 2.05) is 11.5 Å². The van der Waals surface area contributed by atoms with E-state index in [1.54, 1.807) is 28.9 Å². The van der Waals surface area contributed by atoms with Crippen LogP contribution in [0.5, 0.6) is 0 Å². The van der Waals surface area contributed by atoms with Gasteiger partial charge < -0.3 is 4.42 Å². The summed E-state index contributed by atoms with van der Waals surface area (Å²) in [6.07, 6.45) is 1.26. The highest BCUT2D eigenvalue weighted by Gasteiger charge is 2.11. The second-order valence-electron chi connectivity index (χ2n) is 4.42. The summed E-state index contributed by atoms with van der Waals surface area (Å²) in [6.45, 7) is 0.304. The lowest BCUT2D eigenvalue weighted by Crippen LogP contribution is -2.29. The number of carbonyl (C=O) groups is 1. The number of nitrogen functional groups attached to an aromatic ring is 1. The smallest absolute Gasteiger partial charge is 0.300 e. The van der Waals surface area contributed by atoms with Crippen molar-refractivity contribution in [2.24, 2.45) is 5.84 Å². The van der Waals surface area contributed by atoms with Gasteiger partial charge in [-0.15, -0.1) is 0 Å². The average Bonchev–Trinajstić information content (AvgIpc) is 2.98. The summed E-state index contributed by atoms with van der Waals surface area (Å²) in [6, 6.07) is 10.4. The van der Waals surface area contributed by atoms with Crippen molar-refractivity contribution in [1.82, 2.24) is 15.2 Å². The van der Waals surface area contributed by atoms with Crippen molar-refractivity contribution >= 4 is 16.8 Å². The Morgan fingerprint density at radius 3 is 2.90 bits per heavy atom. The lowest BCUT2D eigenvalue weighted by atomic mass is 10.2. The number of benzene rings is 1. The Morgan fingerprint density at radius 2 is 2.10 bits per heavy atom. The number of para-hydroxylation sites is 1. The Morgan fingerprint density at radius 1 is 1.29 bits per heavy atom. The minimum Gasteiger partial charge on any atom is -0.454 e. The van der Waals surface area contributed by atoms with E-state index in [4.69, 9.17) is 10.3 Å². The number of rotatable bonds is 3. The number of nitrogens with zero attached hydrogens (tertiary/aromatic N) is 2. The molecular weight excluding hydrogens is 272 g/mol. The van der Waals surface area contributed by atoms with Gasteiger partial charge in [0.2, 0.25) is 5.43 Å². The SMILES string of the molecule is NNC(=O)c1ccc(Cn2ncc(=O)c3ccccc32)o1. The number of hydrogen-bond acceptors (Lipinski definition) is 5. The number of carbonyl (C=O) groups excluding carboxylic acids is 1. The molecule has 0 aliphatic heterocycles. The quantitative estimate of drug-likeness (QED) is 0.417. The minimum absolute atomic E-state index is 0.123. The van der Waals surface area contributed by atoms with Gasteiger partial charge in [0.15, 0.2) is 5.76 Å². The highest BCUT2D eigenvalue weighted by atomic mass is 16.4. The maximum absolute atomic E-state index is 11.7. The molecule has 2 heterocycles. The van der Waals surface area contributed by atoms with Crippen molar-refractivity contribution in [2.75, 3.05) is 0 Å². The molecule has 21 heavy (non-hydrogen) atoms. The van der Waals surface area contributed by atoms with Gasteiger partial charge in [-0.1, -0.05) is 12.1 Å². The predicted molar refractivity (Wildman–Crippen MR) is 75.5 cm³/mol. The molecule has 3 rings (SSSR count). The third-order valence-corrected chi connectivity index (χ3v) is 3.08. The number of hydrazine groups is 1. The van der Waals surface area contributed by atoms with E-state index in [1.165, 1.54) is 12.3 Å². The number of aromatic nitrogens is 2. The van der Waals surface area contributed by atoms with Crippen LogP contribution in [-0.2, 0) is 6.54 Å². The molecule has 0 fully saturated rings. The highest BCUT2D eigenvalue weighted by molar-refractivity contribution is 5.90. The average molecular weight is 284 g/mol. The normalized spacial score (nSPS) is 10.7. The first-order valence-corrected chi connectivity index (χ1v) is 6.23. The third-order valence-electron chi connectivity index (χ3n) is 3.08. The van der Waals surface area contributed by atoms with E-state index in [9.17, 15) is 9.59 Å². The molecule has 0 saturated carbocycles. The Labute approximate surface area is 118 Å². The number of nitrogens with two attached hydrogens (primary N) is 1. The standard InChI is InChI=1S/C14H12N4O3/c15-17-14(20)13-6-5-9(21-13)8-18-11-4-2-1-3-10(11)12(19)7-16-18/h1-7H,8,15H2,(H,17,20). The minimum atomic E-state index is -0.501. The molecule has 0 radical (unpaired) electrons. The molecule has 0 spiro atoms. The number of amides is 1. The number of fused-ring (bicyclic) bond motifs is 1. The topological polar surface area (TPSA) is 103 Å². The van der Waals surface area contributed by atoms with Gasteiger partial charge in [-0.2, -0.15) is 5.10 Å². The zero-order valence-electron chi connectivity index (χ0n) is 10.9. The zero-order valence-corrected chi connectivity index (χ0v) is 10.9. The van der Waals surface area contributed by atoms with Gasteiger partial charge >= 0.3 is 5.91 Å². The first-order valence-electron chi connectivity index (χ1n) is 6.23. The fourth-order valence-electron chi connectivity index (χ4n) is 2.09. The first kappa shape index (κ1) is 13.1. The van der Waals surface area contributed by atoms with Gasteiger partial charge in [0, 0.05) is 5.39 Å². The molecule has 0 unspecified atom stereocenters. The van der Waals surface area contributed by atoms with E-state index in [-0.39, 0.29) is 11.2 Å². The summed E-state index contributed by atoms with van der Waals surface area (Å²) in [4.78, 5) is 23.1. The van der Waals surface area contributed by atoms with E-state index < -0.39 is 5.91 Å². The predicted octanol–water partition coefficient (Wildman–Crippen LogP) is 0.641. The molecule has 0 aliphatic carbocycles. The van der Waals surface area contributed by atoms with Crippen molar-refractivity contribution < 1.29 is 9.21 Å². The van der Waals surface area contributed by atoms with Crippen molar-refractivity contribution in [3.63, 3.8) is 0 Å². The summed E-state index contributed by atoms with van der Waals surface area (Å²) in [7, 11) is 0. The van der Waals surface area contributed by atoms with Gasteiger partial charge in [-0.3, -0.25) is 19.7 Å². The zero-order chi connectivity index (χ0) is 14.8. The maximum Gasteiger partial charge on any atom is 0.300 e. The van der Waals surface area contributed by atoms with E-state index in [2.05, 4.69) is 5.10 Å². The number of nitrogens with one attached hydrogen (secondary N) is 1. The van der Waals surface area contributed by atoms with Crippen LogP contribution in [0.25, 0.3) is 10.9 Å². The van der Waals surface area contributed by atoms with Crippen LogP contribution in [0.1, 0.15) is 16.3 Å². The third kappa shape index (κ3) is 2.41.